The van der Waals surface area contributed by atoms with Gasteiger partial charge in [0.2, 0.25) is 0 Å². The lowest BCUT2D eigenvalue weighted by Gasteiger charge is -2.09. The number of amides is 1. The summed E-state index contributed by atoms with van der Waals surface area (Å²) in [6.07, 6.45) is 3.21. The highest BCUT2D eigenvalue weighted by molar-refractivity contribution is 6.10. The van der Waals surface area contributed by atoms with Crippen LogP contribution < -0.4 is 11.1 Å². The van der Waals surface area contributed by atoms with Crippen LogP contribution in [-0.2, 0) is 0 Å². The molecule has 0 saturated heterocycles. The summed E-state index contributed by atoms with van der Waals surface area (Å²) < 4.78 is 0. The van der Waals surface area contributed by atoms with Crippen molar-refractivity contribution in [1.82, 2.24) is 9.97 Å². The van der Waals surface area contributed by atoms with Crippen molar-refractivity contribution in [1.29, 1.82) is 0 Å². The Bertz CT molecular complexity index is 824. The molecule has 5 heteroatoms. The van der Waals surface area contributed by atoms with E-state index in [2.05, 4.69) is 15.3 Å². The van der Waals surface area contributed by atoms with Gasteiger partial charge in [-0.15, -0.1) is 0 Å². The van der Waals surface area contributed by atoms with Crippen LogP contribution in [0.2, 0.25) is 0 Å². The number of nitrogens with zero attached hydrogens (tertiary/aromatic N) is 2. The van der Waals surface area contributed by atoms with Gasteiger partial charge in [0, 0.05) is 29.2 Å². The number of aromatic nitrogens is 2. The van der Waals surface area contributed by atoms with Crippen LogP contribution >= 0.6 is 0 Å². The molecule has 0 radical (unpaired) electrons. The predicted molar refractivity (Wildman–Crippen MR) is 83.1 cm³/mol. The molecule has 0 unspecified atom stereocenters. The number of rotatable bonds is 2. The van der Waals surface area contributed by atoms with E-state index in [0.717, 1.165) is 16.6 Å². The van der Waals surface area contributed by atoms with E-state index < -0.39 is 0 Å². The second kappa shape index (κ2) is 5.20. The van der Waals surface area contributed by atoms with Crippen LogP contribution in [0, 0.1) is 6.92 Å². The minimum absolute atomic E-state index is 0.281. The maximum absolute atomic E-state index is 12.3. The first-order valence-electron chi connectivity index (χ1n) is 6.52. The Labute approximate surface area is 121 Å². The van der Waals surface area contributed by atoms with Crippen molar-refractivity contribution in [3.63, 3.8) is 0 Å². The number of carbonyl (C=O) groups is 1. The lowest BCUT2D eigenvalue weighted by atomic mass is 10.1. The number of aryl methyl sites for hydroxylation is 1. The second-order valence-corrected chi connectivity index (χ2v) is 4.74. The number of nitrogen functional groups attached to an aromatic ring is 1. The molecule has 0 aliphatic heterocycles. The molecule has 21 heavy (non-hydrogen) atoms. The first-order chi connectivity index (χ1) is 10.1. The van der Waals surface area contributed by atoms with Crippen LogP contribution in [0.25, 0.3) is 10.9 Å². The molecule has 1 amide bonds. The first kappa shape index (κ1) is 13.1. The molecule has 3 rings (SSSR count). The Morgan fingerprint density at radius 3 is 2.86 bits per heavy atom. The number of anilines is 2. The Balaban J connectivity index is 1.97. The van der Waals surface area contributed by atoms with Crippen molar-refractivity contribution in [2.75, 3.05) is 11.1 Å². The van der Waals surface area contributed by atoms with Crippen LogP contribution in [0.4, 0.5) is 11.4 Å². The van der Waals surface area contributed by atoms with Gasteiger partial charge in [0.25, 0.3) is 5.91 Å². The van der Waals surface area contributed by atoms with Crippen LogP contribution in [0.5, 0.6) is 0 Å². The maximum atomic E-state index is 12.3. The molecule has 0 aliphatic carbocycles. The average molecular weight is 278 g/mol. The summed E-state index contributed by atoms with van der Waals surface area (Å²) in [5.41, 5.74) is 8.95. The minimum atomic E-state index is -0.281. The minimum Gasteiger partial charge on any atom is -0.398 e. The molecule has 0 atom stereocenters. The number of fused-ring (bicyclic) bond motifs is 1. The van der Waals surface area contributed by atoms with E-state index in [0.29, 0.717) is 16.9 Å². The van der Waals surface area contributed by atoms with E-state index in [4.69, 9.17) is 5.73 Å². The number of hydrogen-bond donors (Lipinski definition) is 2. The molecule has 1 aromatic carbocycles. The third-order valence-electron chi connectivity index (χ3n) is 3.21. The summed E-state index contributed by atoms with van der Waals surface area (Å²) in [4.78, 5) is 20.7. The summed E-state index contributed by atoms with van der Waals surface area (Å²) in [5, 5.41) is 3.74. The smallest absolute Gasteiger partial charge is 0.259 e. The van der Waals surface area contributed by atoms with Crippen LogP contribution in [0.15, 0.2) is 48.8 Å². The number of nitrogens with two attached hydrogens (primary N) is 1. The molecular formula is C16H14N4O. The summed E-state index contributed by atoms with van der Waals surface area (Å²) in [7, 11) is 0. The van der Waals surface area contributed by atoms with E-state index in [1.54, 1.807) is 12.3 Å². The molecule has 2 heterocycles. The number of benzene rings is 1. The Kier molecular flexibility index (Phi) is 3.23. The molecular weight excluding hydrogens is 264 g/mol. The highest BCUT2D eigenvalue weighted by atomic mass is 16.1. The molecule has 5 nitrogen and oxygen atoms in total. The van der Waals surface area contributed by atoms with Gasteiger partial charge in [0.15, 0.2) is 0 Å². The number of pyridine rings is 2. The van der Waals surface area contributed by atoms with E-state index in [9.17, 15) is 4.79 Å². The SMILES string of the molecule is Cc1cc(N)c(C(=O)Nc2cccc3ncccc23)cn1. The van der Waals surface area contributed by atoms with E-state index in [1.165, 1.54) is 6.20 Å². The zero-order valence-corrected chi connectivity index (χ0v) is 11.5. The summed E-state index contributed by atoms with van der Waals surface area (Å²) in [6, 6.07) is 11.0. The van der Waals surface area contributed by atoms with Crippen LogP contribution in [-0.4, -0.2) is 15.9 Å². The zero-order chi connectivity index (χ0) is 14.8. The molecule has 0 aliphatic rings. The van der Waals surface area contributed by atoms with Crippen molar-refractivity contribution in [3.8, 4) is 0 Å². The fourth-order valence-electron chi connectivity index (χ4n) is 2.17. The maximum Gasteiger partial charge on any atom is 0.259 e. The third-order valence-corrected chi connectivity index (χ3v) is 3.21. The predicted octanol–water partition coefficient (Wildman–Crippen LogP) is 2.77. The molecule has 104 valence electrons. The molecule has 3 N–H and O–H groups in total. The number of nitrogens with one attached hydrogen (secondary N) is 1. The number of carbonyl (C=O) groups excluding carboxylic acids is 1. The Morgan fingerprint density at radius 2 is 2.05 bits per heavy atom. The topological polar surface area (TPSA) is 80.9 Å². The first-order valence-corrected chi connectivity index (χ1v) is 6.52. The highest BCUT2D eigenvalue weighted by Gasteiger charge is 2.12. The molecule has 0 bridgehead atoms. The summed E-state index contributed by atoms with van der Waals surface area (Å²) >= 11 is 0. The number of hydrogen-bond acceptors (Lipinski definition) is 4. The summed E-state index contributed by atoms with van der Waals surface area (Å²) in [5.74, 6) is -0.281. The van der Waals surface area contributed by atoms with Gasteiger partial charge in [-0.2, -0.15) is 0 Å². The van der Waals surface area contributed by atoms with E-state index in [1.807, 2.05) is 37.3 Å². The van der Waals surface area contributed by atoms with Crippen molar-refractivity contribution in [2.45, 2.75) is 6.92 Å². The lowest BCUT2D eigenvalue weighted by Crippen LogP contribution is -2.15. The van der Waals surface area contributed by atoms with Crippen molar-refractivity contribution < 1.29 is 4.79 Å². The average Bonchev–Trinajstić information content (AvgIpc) is 2.47. The van der Waals surface area contributed by atoms with Gasteiger partial charge in [-0.3, -0.25) is 14.8 Å². The lowest BCUT2D eigenvalue weighted by molar-refractivity contribution is 0.102. The van der Waals surface area contributed by atoms with Crippen LogP contribution in [0.3, 0.4) is 0 Å². The largest absolute Gasteiger partial charge is 0.398 e. The van der Waals surface area contributed by atoms with Gasteiger partial charge in [0.05, 0.1) is 16.8 Å². The normalized spacial score (nSPS) is 10.5. The molecule has 0 saturated carbocycles. The van der Waals surface area contributed by atoms with Crippen molar-refractivity contribution >= 4 is 28.2 Å². The van der Waals surface area contributed by atoms with Gasteiger partial charge in [-0.1, -0.05) is 6.07 Å². The van der Waals surface area contributed by atoms with Crippen molar-refractivity contribution in [3.05, 3.63) is 60.0 Å². The van der Waals surface area contributed by atoms with E-state index in [-0.39, 0.29) is 5.91 Å². The zero-order valence-electron chi connectivity index (χ0n) is 11.5. The van der Waals surface area contributed by atoms with Gasteiger partial charge >= 0.3 is 0 Å². The molecule has 0 fully saturated rings. The van der Waals surface area contributed by atoms with Gasteiger partial charge < -0.3 is 11.1 Å². The second-order valence-electron chi connectivity index (χ2n) is 4.74. The van der Waals surface area contributed by atoms with Crippen molar-refractivity contribution in [2.24, 2.45) is 0 Å². The Hall–Kier alpha value is -2.95. The monoisotopic (exact) mass is 278 g/mol. The molecule has 3 aromatic rings. The standard InChI is InChI=1S/C16H14N4O/c1-10-8-13(17)12(9-19-10)16(21)20-15-6-2-5-14-11(15)4-3-7-18-14/h2-9H,1H3,(H2,17,19)(H,20,21). The summed E-state index contributed by atoms with van der Waals surface area (Å²) in [6.45, 7) is 1.83. The van der Waals surface area contributed by atoms with Gasteiger partial charge in [-0.05, 0) is 37.3 Å². The highest BCUT2D eigenvalue weighted by Crippen LogP contribution is 2.22. The van der Waals surface area contributed by atoms with Crippen LogP contribution in [0.1, 0.15) is 16.1 Å². The van der Waals surface area contributed by atoms with E-state index >= 15 is 0 Å². The Morgan fingerprint density at radius 1 is 1.19 bits per heavy atom. The van der Waals surface area contributed by atoms with Gasteiger partial charge in [0.1, 0.15) is 0 Å². The molecule has 2 aromatic heterocycles. The third kappa shape index (κ3) is 2.53. The fourth-order valence-corrected chi connectivity index (χ4v) is 2.17. The van der Waals surface area contributed by atoms with Gasteiger partial charge in [-0.25, -0.2) is 0 Å². The molecule has 0 spiro atoms. The quantitative estimate of drug-likeness (QED) is 0.755. The fraction of sp³-hybridized carbons (Fsp3) is 0.0625.